The summed E-state index contributed by atoms with van der Waals surface area (Å²) in [4.78, 5) is 23.2. The Kier molecular flexibility index (Phi) is 4.49. The van der Waals surface area contributed by atoms with Gasteiger partial charge in [-0.1, -0.05) is 18.5 Å². The standard InChI is InChI=1S/C14H16ClNO4/c1-8-5-10(8)14(18)20-7-13(17)16-11-6-9(15)3-4-12(11)19-2/h3-4,6,8,10H,5,7H2,1-2H3,(H,16,17)/t8-,10-/m0/s1. The number of amides is 1. The van der Waals surface area contributed by atoms with Crippen LogP contribution in [0.2, 0.25) is 5.02 Å². The Bertz CT molecular complexity index is 532. The fraction of sp³-hybridized carbons (Fsp3) is 0.429. The molecule has 5 nitrogen and oxygen atoms in total. The van der Waals surface area contributed by atoms with Crippen molar-refractivity contribution < 1.29 is 19.1 Å². The van der Waals surface area contributed by atoms with Gasteiger partial charge in [-0.25, -0.2) is 0 Å². The second-order valence-corrected chi connectivity index (χ2v) is 5.26. The van der Waals surface area contributed by atoms with E-state index in [1.807, 2.05) is 6.92 Å². The molecule has 1 aliphatic carbocycles. The van der Waals surface area contributed by atoms with E-state index in [1.54, 1.807) is 18.2 Å². The molecule has 1 saturated carbocycles. The number of carbonyl (C=O) groups excluding carboxylic acids is 2. The molecule has 1 fully saturated rings. The normalized spacial score (nSPS) is 20.1. The Morgan fingerprint density at radius 3 is 2.75 bits per heavy atom. The molecule has 1 aromatic rings. The maximum Gasteiger partial charge on any atom is 0.309 e. The molecular weight excluding hydrogens is 282 g/mol. The quantitative estimate of drug-likeness (QED) is 0.848. The highest BCUT2D eigenvalue weighted by molar-refractivity contribution is 6.31. The van der Waals surface area contributed by atoms with Crippen LogP contribution in [-0.2, 0) is 14.3 Å². The van der Waals surface area contributed by atoms with Gasteiger partial charge in [0.2, 0.25) is 0 Å². The maximum atomic E-state index is 11.7. The van der Waals surface area contributed by atoms with Gasteiger partial charge in [-0.2, -0.15) is 0 Å². The van der Waals surface area contributed by atoms with E-state index in [1.165, 1.54) is 7.11 Å². The van der Waals surface area contributed by atoms with Crippen molar-refractivity contribution in [1.29, 1.82) is 0 Å². The lowest BCUT2D eigenvalue weighted by Crippen LogP contribution is -2.22. The molecule has 1 N–H and O–H groups in total. The van der Waals surface area contributed by atoms with Crippen molar-refractivity contribution in [1.82, 2.24) is 0 Å². The predicted octanol–water partition coefficient (Wildman–Crippen LogP) is 2.49. The smallest absolute Gasteiger partial charge is 0.309 e. The van der Waals surface area contributed by atoms with E-state index in [2.05, 4.69) is 5.32 Å². The first-order valence-electron chi connectivity index (χ1n) is 6.31. The van der Waals surface area contributed by atoms with Crippen LogP contribution in [0, 0.1) is 11.8 Å². The number of rotatable bonds is 5. The van der Waals surface area contributed by atoms with Gasteiger partial charge >= 0.3 is 5.97 Å². The highest BCUT2D eigenvalue weighted by Crippen LogP contribution is 2.38. The summed E-state index contributed by atoms with van der Waals surface area (Å²) in [6, 6.07) is 4.88. The molecule has 0 aliphatic heterocycles. The molecule has 108 valence electrons. The van der Waals surface area contributed by atoms with Crippen LogP contribution in [0.3, 0.4) is 0 Å². The zero-order valence-electron chi connectivity index (χ0n) is 11.3. The number of nitrogens with one attached hydrogen (secondary N) is 1. The molecule has 2 rings (SSSR count). The number of carbonyl (C=O) groups is 2. The Hall–Kier alpha value is -1.75. The molecule has 0 saturated heterocycles. The molecule has 0 unspecified atom stereocenters. The topological polar surface area (TPSA) is 64.6 Å². The monoisotopic (exact) mass is 297 g/mol. The van der Waals surface area contributed by atoms with Crippen LogP contribution < -0.4 is 10.1 Å². The summed E-state index contributed by atoms with van der Waals surface area (Å²) in [5.41, 5.74) is 0.445. The summed E-state index contributed by atoms with van der Waals surface area (Å²) in [6.07, 6.45) is 0.836. The van der Waals surface area contributed by atoms with E-state index in [9.17, 15) is 9.59 Å². The lowest BCUT2D eigenvalue weighted by atomic mass is 10.3. The van der Waals surface area contributed by atoms with E-state index in [4.69, 9.17) is 21.1 Å². The third kappa shape index (κ3) is 3.63. The number of methoxy groups -OCH3 is 1. The van der Waals surface area contributed by atoms with Crippen molar-refractivity contribution in [2.24, 2.45) is 11.8 Å². The Labute approximate surface area is 122 Å². The lowest BCUT2D eigenvalue weighted by molar-refractivity contribution is -0.148. The van der Waals surface area contributed by atoms with Gasteiger partial charge in [0.05, 0.1) is 18.7 Å². The molecule has 1 amide bonds. The molecule has 1 aliphatic rings. The van der Waals surface area contributed by atoms with Gasteiger partial charge in [-0.15, -0.1) is 0 Å². The minimum atomic E-state index is -0.424. The largest absolute Gasteiger partial charge is 0.495 e. The van der Waals surface area contributed by atoms with Crippen LogP contribution in [-0.4, -0.2) is 25.6 Å². The maximum absolute atomic E-state index is 11.7. The van der Waals surface area contributed by atoms with E-state index in [0.29, 0.717) is 22.4 Å². The molecule has 6 heteroatoms. The van der Waals surface area contributed by atoms with Gasteiger partial charge < -0.3 is 14.8 Å². The zero-order chi connectivity index (χ0) is 14.7. The van der Waals surface area contributed by atoms with E-state index < -0.39 is 5.91 Å². The highest BCUT2D eigenvalue weighted by atomic mass is 35.5. The zero-order valence-corrected chi connectivity index (χ0v) is 12.1. The molecule has 0 spiro atoms. The van der Waals surface area contributed by atoms with Crippen LogP contribution in [0.15, 0.2) is 18.2 Å². The SMILES string of the molecule is COc1ccc(Cl)cc1NC(=O)COC(=O)[C@H]1C[C@@H]1C. The van der Waals surface area contributed by atoms with Gasteiger partial charge in [0.1, 0.15) is 5.75 Å². The first-order chi connectivity index (χ1) is 9.51. The Morgan fingerprint density at radius 2 is 2.15 bits per heavy atom. The van der Waals surface area contributed by atoms with Crippen molar-refractivity contribution in [2.75, 3.05) is 19.0 Å². The summed E-state index contributed by atoms with van der Waals surface area (Å²) in [5, 5.41) is 3.08. The number of hydrogen-bond acceptors (Lipinski definition) is 4. The van der Waals surface area contributed by atoms with Crippen molar-refractivity contribution >= 4 is 29.2 Å². The Balaban J connectivity index is 1.88. The number of ether oxygens (including phenoxy) is 2. The molecule has 20 heavy (non-hydrogen) atoms. The first-order valence-corrected chi connectivity index (χ1v) is 6.69. The Morgan fingerprint density at radius 1 is 1.45 bits per heavy atom. The molecule has 0 heterocycles. The first kappa shape index (κ1) is 14.7. The van der Waals surface area contributed by atoms with Gasteiger partial charge in [0, 0.05) is 5.02 Å². The van der Waals surface area contributed by atoms with Crippen LogP contribution >= 0.6 is 11.6 Å². The molecule has 0 aromatic heterocycles. The second-order valence-electron chi connectivity index (χ2n) is 4.82. The number of hydrogen-bond donors (Lipinski definition) is 1. The van der Waals surface area contributed by atoms with Crippen LogP contribution in [0.25, 0.3) is 0 Å². The number of halogens is 1. The summed E-state index contributed by atoms with van der Waals surface area (Å²) in [7, 11) is 1.49. The highest BCUT2D eigenvalue weighted by Gasteiger charge is 2.40. The molecule has 2 atom stereocenters. The molecule has 0 radical (unpaired) electrons. The summed E-state index contributed by atoms with van der Waals surface area (Å²) in [5.74, 6) is 0.0601. The van der Waals surface area contributed by atoms with Crippen LogP contribution in [0.5, 0.6) is 5.75 Å². The summed E-state index contributed by atoms with van der Waals surface area (Å²) in [6.45, 7) is 1.67. The average molecular weight is 298 g/mol. The summed E-state index contributed by atoms with van der Waals surface area (Å²) >= 11 is 5.86. The van der Waals surface area contributed by atoms with Crippen molar-refractivity contribution in [3.8, 4) is 5.75 Å². The second kappa shape index (κ2) is 6.13. The lowest BCUT2D eigenvalue weighted by Gasteiger charge is -2.10. The van der Waals surface area contributed by atoms with Crippen molar-refractivity contribution in [3.05, 3.63) is 23.2 Å². The molecule has 1 aromatic carbocycles. The average Bonchev–Trinajstić information content (AvgIpc) is 3.13. The van der Waals surface area contributed by atoms with Crippen molar-refractivity contribution in [3.63, 3.8) is 0 Å². The molecular formula is C14H16ClNO4. The third-order valence-corrected chi connectivity index (χ3v) is 3.43. The number of esters is 1. The van der Waals surface area contributed by atoms with Crippen LogP contribution in [0.1, 0.15) is 13.3 Å². The third-order valence-electron chi connectivity index (χ3n) is 3.19. The van der Waals surface area contributed by atoms with Crippen LogP contribution in [0.4, 0.5) is 5.69 Å². The predicted molar refractivity (Wildman–Crippen MR) is 74.9 cm³/mol. The fourth-order valence-electron chi connectivity index (χ4n) is 1.86. The van der Waals surface area contributed by atoms with Gasteiger partial charge in [-0.05, 0) is 30.5 Å². The van der Waals surface area contributed by atoms with Gasteiger partial charge in [0.15, 0.2) is 6.61 Å². The van der Waals surface area contributed by atoms with Crippen molar-refractivity contribution in [2.45, 2.75) is 13.3 Å². The number of benzene rings is 1. The summed E-state index contributed by atoms with van der Waals surface area (Å²) < 4.78 is 10.1. The van der Waals surface area contributed by atoms with Gasteiger partial charge in [0.25, 0.3) is 5.91 Å². The minimum Gasteiger partial charge on any atom is -0.495 e. The van der Waals surface area contributed by atoms with E-state index in [0.717, 1.165) is 6.42 Å². The van der Waals surface area contributed by atoms with Gasteiger partial charge in [-0.3, -0.25) is 9.59 Å². The molecule has 0 bridgehead atoms. The van der Waals surface area contributed by atoms with E-state index in [-0.39, 0.29) is 18.5 Å². The minimum absolute atomic E-state index is 0.0523. The number of anilines is 1. The fourth-order valence-corrected chi connectivity index (χ4v) is 2.03. The van der Waals surface area contributed by atoms with E-state index >= 15 is 0 Å².